The highest BCUT2D eigenvalue weighted by atomic mass is 15.2. The van der Waals surface area contributed by atoms with Crippen molar-refractivity contribution >= 4 is 28.6 Å². The van der Waals surface area contributed by atoms with E-state index >= 15 is 0 Å². The molecule has 1 aliphatic carbocycles. The first-order valence-electron chi connectivity index (χ1n) is 9.10. The van der Waals surface area contributed by atoms with Crippen LogP contribution in [0.5, 0.6) is 0 Å². The molecule has 4 N–H and O–H groups in total. The Morgan fingerprint density at radius 3 is 2.93 bits per heavy atom. The van der Waals surface area contributed by atoms with Crippen molar-refractivity contribution in [2.45, 2.75) is 31.7 Å². The number of fused-ring (bicyclic) bond motifs is 1. The first-order chi connectivity index (χ1) is 13.2. The molecule has 1 fully saturated rings. The molecule has 1 saturated carbocycles. The molecule has 136 valence electrons. The number of aromatic nitrogens is 6. The van der Waals surface area contributed by atoms with Gasteiger partial charge in [-0.25, -0.2) is 9.97 Å². The molecule has 4 aromatic rings. The van der Waals surface area contributed by atoms with Crippen LogP contribution in [0.4, 0.5) is 17.6 Å². The van der Waals surface area contributed by atoms with Crippen LogP contribution >= 0.6 is 0 Å². The molecule has 27 heavy (non-hydrogen) atoms. The van der Waals surface area contributed by atoms with Gasteiger partial charge < -0.3 is 15.6 Å². The topological polar surface area (TPSA) is 107 Å². The Bertz CT molecular complexity index is 1080. The Kier molecular flexibility index (Phi) is 3.74. The number of aromatic amines is 2. The number of hydrogen-bond donors (Lipinski definition) is 4. The average molecular weight is 360 g/mol. The van der Waals surface area contributed by atoms with Gasteiger partial charge in [0.2, 0.25) is 5.95 Å². The van der Waals surface area contributed by atoms with E-state index in [1.165, 1.54) is 18.5 Å². The number of anilines is 3. The van der Waals surface area contributed by atoms with Crippen LogP contribution in [0.1, 0.15) is 43.1 Å². The normalized spacial score (nSPS) is 15.0. The fourth-order valence-electron chi connectivity index (χ4n) is 3.09. The quantitative estimate of drug-likeness (QED) is 0.416. The molecule has 4 aromatic heterocycles. The summed E-state index contributed by atoms with van der Waals surface area (Å²) in [5.74, 6) is 2.65. The number of nitrogens with one attached hydrogen (secondary N) is 4. The third-order valence-corrected chi connectivity index (χ3v) is 4.74. The van der Waals surface area contributed by atoms with Crippen molar-refractivity contribution < 1.29 is 0 Å². The SMILES string of the molecule is C[C@@H](Nc1nccc(Nc2cc(C3CC3)[nH]n2)n1)c1ccc2[nH]ccc2n1. The molecule has 0 amide bonds. The summed E-state index contributed by atoms with van der Waals surface area (Å²) in [6, 6.07) is 9.85. The Hall–Kier alpha value is -3.42. The summed E-state index contributed by atoms with van der Waals surface area (Å²) in [5, 5.41) is 13.9. The molecule has 0 spiro atoms. The van der Waals surface area contributed by atoms with Crippen molar-refractivity contribution in [3.8, 4) is 0 Å². The average Bonchev–Trinajstić information content (AvgIpc) is 3.23. The molecule has 1 aliphatic rings. The Labute approximate surface area is 155 Å². The van der Waals surface area contributed by atoms with Gasteiger partial charge in [-0.1, -0.05) is 0 Å². The van der Waals surface area contributed by atoms with Gasteiger partial charge in [0.1, 0.15) is 5.82 Å². The van der Waals surface area contributed by atoms with Gasteiger partial charge in [-0.15, -0.1) is 0 Å². The summed E-state index contributed by atoms with van der Waals surface area (Å²) in [5.41, 5.74) is 4.09. The van der Waals surface area contributed by atoms with E-state index in [0.29, 0.717) is 17.7 Å². The summed E-state index contributed by atoms with van der Waals surface area (Å²) in [7, 11) is 0. The summed E-state index contributed by atoms with van der Waals surface area (Å²) in [4.78, 5) is 16.7. The molecular formula is C19H20N8. The zero-order valence-corrected chi connectivity index (χ0v) is 14.9. The second-order valence-corrected chi connectivity index (χ2v) is 6.89. The van der Waals surface area contributed by atoms with Gasteiger partial charge in [0.05, 0.1) is 22.8 Å². The van der Waals surface area contributed by atoms with E-state index in [2.05, 4.69) is 40.8 Å². The first-order valence-corrected chi connectivity index (χ1v) is 9.10. The van der Waals surface area contributed by atoms with E-state index in [1.54, 1.807) is 6.20 Å². The molecule has 4 heterocycles. The highest BCUT2D eigenvalue weighted by molar-refractivity contribution is 5.74. The molecule has 0 radical (unpaired) electrons. The molecule has 8 nitrogen and oxygen atoms in total. The lowest BCUT2D eigenvalue weighted by molar-refractivity contribution is 0.828. The third-order valence-electron chi connectivity index (χ3n) is 4.74. The minimum absolute atomic E-state index is 0.0218. The Morgan fingerprint density at radius 1 is 1.11 bits per heavy atom. The van der Waals surface area contributed by atoms with E-state index in [-0.39, 0.29) is 6.04 Å². The summed E-state index contributed by atoms with van der Waals surface area (Å²) in [6.07, 6.45) is 6.09. The molecule has 0 unspecified atom stereocenters. The van der Waals surface area contributed by atoms with Crippen LogP contribution in [0, 0.1) is 0 Å². The third kappa shape index (κ3) is 3.33. The minimum Gasteiger partial charge on any atom is -0.360 e. The van der Waals surface area contributed by atoms with Gasteiger partial charge in [-0.2, -0.15) is 10.1 Å². The minimum atomic E-state index is -0.0218. The van der Waals surface area contributed by atoms with Crippen LogP contribution in [0.2, 0.25) is 0 Å². The van der Waals surface area contributed by atoms with E-state index < -0.39 is 0 Å². The number of nitrogens with zero attached hydrogens (tertiary/aromatic N) is 4. The number of rotatable bonds is 6. The van der Waals surface area contributed by atoms with Crippen LogP contribution in [0.15, 0.2) is 42.7 Å². The second-order valence-electron chi connectivity index (χ2n) is 6.89. The molecule has 5 rings (SSSR count). The molecule has 1 atom stereocenters. The van der Waals surface area contributed by atoms with Gasteiger partial charge in [0.25, 0.3) is 0 Å². The Morgan fingerprint density at radius 2 is 2.04 bits per heavy atom. The van der Waals surface area contributed by atoms with Crippen molar-refractivity contribution in [3.63, 3.8) is 0 Å². The Balaban J connectivity index is 1.30. The predicted octanol–water partition coefficient (Wildman–Crippen LogP) is 3.87. The first kappa shape index (κ1) is 15.8. The number of H-pyrrole nitrogens is 2. The van der Waals surface area contributed by atoms with Crippen molar-refractivity contribution in [1.82, 2.24) is 30.1 Å². The lowest BCUT2D eigenvalue weighted by Gasteiger charge is -2.14. The van der Waals surface area contributed by atoms with Gasteiger partial charge in [-0.3, -0.25) is 5.10 Å². The smallest absolute Gasteiger partial charge is 0.225 e. The van der Waals surface area contributed by atoms with Crippen LogP contribution in [-0.2, 0) is 0 Å². The van der Waals surface area contributed by atoms with E-state index in [9.17, 15) is 0 Å². The highest BCUT2D eigenvalue weighted by Crippen LogP contribution is 2.39. The van der Waals surface area contributed by atoms with Gasteiger partial charge >= 0.3 is 0 Å². The van der Waals surface area contributed by atoms with Crippen LogP contribution in [0.3, 0.4) is 0 Å². The maximum absolute atomic E-state index is 4.67. The zero-order valence-electron chi connectivity index (χ0n) is 14.9. The maximum atomic E-state index is 4.67. The molecule has 0 bridgehead atoms. The fourth-order valence-corrected chi connectivity index (χ4v) is 3.09. The molecule has 0 aliphatic heterocycles. The fraction of sp³-hybridized carbons (Fsp3) is 0.263. The van der Waals surface area contributed by atoms with E-state index in [0.717, 1.165) is 22.5 Å². The lowest BCUT2D eigenvalue weighted by atomic mass is 10.2. The summed E-state index contributed by atoms with van der Waals surface area (Å²) in [6.45, 7) is 2.04. The lowest BCUT2D eigenvalue weighted by Crippen LogP contribution is -2.11. The maximum Gasteiger partial charge on any atom is 0.225 e. The van der Waals surface area contributed by atoms with E-state index in [1.807, 2.05) is 43.5 Å². The van der Waals surface area contributed by atoms with Gasteiger partial charge in [0.15, 0.2) is 5.82 Å². The molecular weight excluding hydrogens is 340 g/mol. The van der Waals surface area contributed by atoms with Crippen molar-refractivity contribution in [1.29, 1.82) is 0 Å². The second kappa shape index (κ2) is 6.39. The molecule has 0 saturated heterocycles. The monoisotopic (exact) mass is 360 g/mol. The zero-order chi connectivity index (χ0) is 18.2. The number of hydrogen-bond acceptors (Lipinski definition) is 6. The van der Waals surface area contributed by atoms with Gasteiger partial charge in [0, 0.05) is 30.1 Å². The van der Waals surface area contributed by atoms with Crippen molar-refractivity contribution in [3.05, 3.63) is 54.1 Å². The largest absolute Gasteiger partial charge is 0.360 e. The molecule has 8 heteroatoms. The van der Waals surface area contributed by atoms with Crippen molar-refractivity contribution in [2.24, 2.45) is 0 Å². The summed E-state index contributed by atoms with van der Waals surface area (Å²) >= 11 is 0. The highest BCUT2D eigenvalue weighted by Gasteiger charge is 2.25. The van der Waals surface area contributed by atoms with Crippen LogP contribution in [-0.4, -0.2) is 30.1 Å². The van der Waals surface area contributed by atoms with Gasteiger partial charge in [-0.05, 0) is 44.0 Å². The van der Waals surface area contributed by atoms with Crippen LogP contribution < -0.4 is 10.6 Å². The van der Waals surface area contributed by atoms with Crippen LogP contribution in [0.25, 0.3) is 11.0 Å². The van der Waals surface area contributed by atoms with Crippen molar-refractivity contribution in [2.75, 3.05) is 10.6 Å². The standard InChI is InChI=1S/C19H20N8/c1-11(13-4-5-14-15(23-13)6-8-20-14)22-19-21-9-7-17(25-19)24-18-10-16(26-27-18)12-2-3-12/h4-12,20H,2-3H2,1H3,(H3,21,22,24,25,26,27)/t11-/m1/s1. The predicted molar refractivity (Wildman–Crippen MR) is 104 cm³/mol. The summed E-state index contributed by atoms with van der Waals surface area (Å²) < 4.78 is 0. The van der Waals surface area contributed by atoms with E-state index in [4.69, 9.17) is 0 Å². The number of pyridine rings is 1. The molecule has 0 aromatic carbocycles.